The van der Waals surface area contributed by atoms with E-state index in [2.05, 4.69) is 41.5 Å². The molecule has 0 rings (SSSR count). The summed E-state index contributed by atoms with van der Waals surface area (Å²) in [4.78, 5) is 73.0. The number of carbonyl (C=O) groups excluding carboxylic acids is 4. The molecule has 0 aliphatic carbocycles. The minimum Gasteiger partial charge on any atom is -0.462 e. The summed E-state index contributed by atoms with van der Waals surface area (Å²) < 4.78 is 68.7. The third kappa shape index (κ3) is 76.6. The summed E-state index contributed by atoms with van der Waals surface area (Å²) in [6.45, 7) is 9.62. The summed E-state index contributed by atoms with van der Waals surface area (Å²) in [6, 6.07) is 0. The second kappa shape index (κ2) is 75.5. The third-order valence-corrected chi connectivity index (χ3v) is 22.0. The first kappa shape index (κ1) is 101. The highest BCUT2D eigenvalue weighted by atomic mass is 31.2. The lowest BCUT2D eigenvalue weighted by Gasteiger charge is -2.21. The van der Waals surface area contributed by atoms with Crippen LogP contribution in [-0.4, -0.2) is 96.7 Å². The van der Waals surface area contributed by atoms with Gasteiger partial charge in [-0.1, -0.05) is 395 Å². The van der Waals surface area contributed by atoms with Crippen molar-refractivity contribution in [1.82, 2.24) is 0 Å². The Morgan fingerprint density at radius 3 is 0.738 bits per heavy atom. The molecule has 19 heteroatoms. The van der Waals surface area contributed by atoms with Crippen LogP contribution in [0.1, 0.15) is 446 Å². The van der Waals surface area contributed by atoms with Crippen LogP contribution in [0.5, 0.6) is 0 Å². The van der Waals surface area contributed by atoms with Gasteiger partial charge in [-0.2, -0.15) is 0 Å². The molecule has 0 amide bonds. The molecule has 0 fully saturated rings. The molecule has 0 heterocycles. The van der Waals surface area contributed by atoms with Gasteiger partial charge in [-0.05, 0) is 37.5 Å². The molecular formula is C84H164O17P2. The zero-order valence-corrected chi connectivity index (χ0v) is 69.4. The van der Waals surface area contributed by atoms with E-state index >= 15 is 0 Å². The molecule has 3 N–H and O–H groups in total. The Bertz CT molecular complexity index is 1980. The number of esters is 4. The highest BCUT2D eigenvalue weighted by molar-refractivity contribution is 7.47. The van der Waals surface area contributed by atoms with E-state index in [1.807, 2.05) is 0 Å². The van der Waals surface area contributed by atoms with Gasteiger partial charge < -0.3 is 33.8 Å². The van der Waals surface area contributed by atoms with Gasteiger partial charge in [0.05, 0.1) is 26.4 Å². The number of hydrogen-bond acceptors (Lipinski definition) is 15. The lowest BCUT2D eigenvalue weighted by atomic mass is 9.99. The Labute approximate surface area is 632 Å². The van der Waals surface area contributed by atoms with E-state index in [4.69, 9.17) is 37.0 Å². The summed E-state index contributed by atoms with van der Waals surface area (Å²) in [5, 5.41) is 10.6. The molecule has 3 unspecified atom stereocenters. The highest BCUT2D eigenvalue weighted by Gasteiger charge is 2.30. The maximum Gasteiger partial charge on any atom is 0.472 e. The van der Waals surface area contributed by atoms with Gasteiger partial charge in [0.25, 0.3) is 0 Å². The number of phosphoric ester groups is 2. The zero-order chi connectivity index (χ0) is 75.6. The largest absolute Gasteiger partial charge is 0.472 e. The van der Waals surface area contributed by atoms with Gasteiger partial charge in [0.1, 0.15) is 19.3 Å². The van der Waals surface area contributed by atoms with Gasteiger partial charge in [0, 0.05) is 25.7 Å². The van der Waals surface area contributed by atoms with Crippen molar-refractivity contribution in [3.8, 4) is 0 Å². The standard InChI is InChI=1S/C84H164O17P2/c1-7-10-12-14-16-18-19-20-21-22-23-24-25-26-30-33-36-39-43-49-55-61-67-82(87)95-72-79(100-83(88)68-62-56-50-44-40-37-34-31-28-27-29-32-35-38-42-47-53-59-65-77(6)9-3)74-98-102(90,91)96-70-78(85)71-97-103(92,93)99-75-80(73-94-81(86)66-60-54-48-41-17-15-13-11-8-2)101-84(89)69-63-57-51-45-46-52-58-64-76(4)5/h76-80,85H,7-75H2,1-6H3,(H,90,91)(H,92,93)/t77?,78-,79-,80-/m1/s1. The van der Waals surface area contributed by atoms with E-state index < -0.39 is 97.5 Å². The van der Waals surface area contributed by atoms with Crippen LogP contribution in [0.2, 0.25) is 0 Å². The molecule has 0 bridgehead atoms. The fourth-order valence-corrected chi connectivity index (χ4v) is 14.6. The predicted molar refractivity (Wildman–Crippen MR) is 423 cm³/mol. The minimum atomic E-state index is -4.96. The topological polar surface area (TPSA) is 237 Å². The number of unbranched alkanes of at least 4 members (excludes halogenated alkanes) is 52. The number of carbonyl (C=O) groups is 4. The number of aliphatic hydroxyl groups is 1. The zero-order valence-electron chi connectivity index (χ0n) is 67.6. The Balaban J connectivity index is 5.15. The maximum atomic E-state index is 13.1. The lowest BCUT2D eigenvalue weighted by molar-refractivity contribution is -0.161. The van der Waals surface area contributed by atoms with Gasteiger partial charge in [-0.15, -0.1) is 0 Å². The SMILES string of the molecule is CCCCCCCCCCCCCCCCCCCCCCCCC(=O)OC[C@H](COP(=O)(O)OC[C@@H](O)COP(=O)(O)OC[C@@H](COC(=O)CCCCCCCCCCC)OC(=O)CCCCCCCCCC(C)C)OC(=O)CCCCCCCCCCCCCCCCCCCCC(C)CC. The second-order valence-electron chi connectivity index (χ2n) is 30.9. The number of phosphoric acid groups is 2. The van der Waals surface area contributed by atoms with E-state index in [-0.39, 0.29) is 25.7 Å². The fourth-order valence-electron chi connectivity index (χ4n) is 13.0. The van der Waals surface area contributed by atoms with Crippen LogP contribution in [0.3, 0.4) is 0 Å². The highest BCUT2D eigenvalue weighted by Crippen LogP contribution is 2.45. The molecule has 0 radical (unpaired) electrons. The number of aliphatic hydroxyl groups excluding tert-OH is 1. The van der Waals surface area contributed by atoms with Crippen LogP contribution >= 0.6 is 15.6 Å². The second-order valence-corrected chi connectivity index (χ2v) is 33.8. The molecule has 612 valence electrons. The molecular weight excluding hydrogens is 1340 g/mol. The summed E-state index contributed by atoms with van der Waals surface area (Å²) in [5.41, 5.74) is 0. The molecule has 103 heavy (non-hydrogen) atoms. The van der Waals surface area contributed by atoms with Crippen molar-refractivity contribution >= 4 is 39.5 Å². The van der Waals surface area contributed by atoms with Crippen LogP contribution < -0.4 is 0 Å². The molecule has 0 aliphatic heterocycles. The van der Waals surface area contributed by atoms with E-state index in [1.165, 1.54) is 263 Å². The molecule has 0 aromatic carbocycles. The van der Waals surface area contributed by atoms with Crippen LogP contribution in [-0.2, 0) is 65.4 Å². The van der Waals surface area contributed by atoms with Crippen LogP contribution in [0.4, 0.5) is 0 Å². The van der Waals surface area contributed by atoms with Gasteiger partial charge in [-0.3, -0.25) is 37.3 Å². The Morgan fingerprint density at radius 2 is 0.495 bits per heavy atom. The molecule has 0 aliphatic rings. The molecule has 6 atom stereocenters. The predicted octanol–water partition coefficient (Wildman–Crippen LogP) is 25.5. The fraction of sp³-hybridized carbons (Fsp3) is 0.952. The van der Waals surface area contributed by atoms with E-state index in [0.717, 1.165) is 95.8 Å². The van der Waals surface area contributed by atoms with Crippen molar-refractivity contribution in [2.45, 2.75) is 464 Å². The van der Waals surface area contributed by atoms with Crippen LogP contribution in [0.25, 0.3) is 0 Å². The molecule has 0 aromatic rings. The quantitative estimate of drug-likeness (QED) is 0.0222. The molecule has 0 spiro atoms. The van der Waals surface area contributed by atoms with E-state index in [9.17, 15) is 43.2 Å². The van der Waals surface area contributed by atoms with Crippen molar-refractivity contribution in [1.29, 1.82) is 0 Å². The molecule has 0 aromatic heterocycles. The first-order chi connectivity index (χ1) is 49.9. The van der Waals surface area contributed by atoms with Crippen molar-refractivity contribution in [2.24, 2.45) is 11.8 Å². The lowest BCUT2D eigenvalue weighted by Crippen LogP contribution is -2.30. The van der Waals surface area contributed by atoms with Crippen molar-refractivity contribution in [2.75, 3.05) is 39.6 Å². The van der Waals surface area contributed by atoms with Gasteiger partial charge in [0.15, 0.2) is 12.2 Å². The van der Waals surface area contributed by atoms with Crippen molar-refractivity contribution in [3.63, 3.8) is 0 Å². The first-order valence-electron chi connectivity index (χ1n) is 43.5. The van der Waals surface area contributed by atoms with Gasteiger partial charge in [0.2, 0.25) is 0 Å². The Kier molecular flexibility index (Phi) is 74.1. The summed E-state index contributed by atoms with van der Waals surface area (Å²) in [6.07, 6.45) is 67.0. The van der Waals surface area contributed by atoms with Crippen LogP contribution in [0, 0.1) is 11.8 Å². The van der Waals surface area contributed by atoms with Crippen LogP contribution in [0.15, 0.2) is 0 Å². The van der Waals surface area contributed by atoms with Crippen molar-refractivity contribution < 1.29 is 80.2 Å². The van der Waals surface area contributed by atoms with Gasteiger partial charge in [-0.25, -0.2) is 9.13 Å². The molecule has 0 saturated heterocycles. The van der Waals surface area contributed by atoms with E-state index in [0.29, 0.717) is 31.6 Å². The third-order valence-electron chi connectivity index (χ3n) is 20.1. The van der Waals surface area contributed by atoms with Crippen molar-refractivity contribution in [3.05, 3.63) is 0 Å². The summed E-state index contributed by atoms with van der Waals surface area (Å²) in [5.74, 6) is -0.545. The monoisotopic (exact) mass is 1510 g/mol. The maximum absolute atomic E-state index is 13.1. The minimum absolute atomic E-state index is 0.104. The number of ether oxygens (including phenoxy) is 4. The normalized spacial score (nSPS) is 14.1. The first-order valence-corrected chi connectivity index (χ1v) is 46.5. The summed E-state index contributed by atoms with van der Waals surface area (Å²) in [7, 11) is -9.92. The molecule has 0 saturated carbocycles. The summed E-state index contributed by atoms with van der Waals surface area (Å²) >= 11 is 0. The average molecular weight is 1510 g/mol. The molecule has 17 nitrogen and oxygen atoms in total. The smallest absolute Gasteiger partial charge is 0.462 e. The number of hydrogen-bond donors (Lipinski definition) is 3. The van der Waals surface area contributed by atoms with E-state index in [1.54, 1.807) is 0 Å². The average Bonchev–Trinajstić information content (AvgIpc) is 0.910. The Morgan fingerprint density at radius 1 is 0.282 bits per heavy atom. The number of rotatable bonds is 83. The van der Waals surface area contributed by atoms with Gasteiger partial charge >= 0.3 is 39.5 Å². The Hall–Kier alpha value is -1.94.